The summed E-state index contributed by atoms with van der Waals surface area (Å²) in [5.74, 6) is 1.44. The van der Waals surface area contributed by atoms with Crippen molar-refractivity contribution >= 4 is 39.1 Å². The number of thiophene rings is 1. The fourth-order valence-corrected chi connectivity index (χ4v) is 5.34. The van der Waals surface area contributed by atoms with E-state index in [1.54, 1.807) is 0 Å². The molecule has 1 aromatic heterocycles. The minimum absolute atomic E-state index is 0.0365. The number of sulfonamides is 1. The third-order valence-electron chi connectivity index (χ3n) is 2.96. The number of carbonyl (C=O) groups is 1. The van der Waals surface area contributed by atoms with Crippen LogP contribution in [0.2, 0.25) is 0 Å². The summed E-state index contributed by atoms with van der Waals surface area (Å²) in [6, 6.07) is 2.66. The SMILES string of the molecule is O=C(O)c1ccc(S(=O)(=O)NCC2CCSCC2)s1. The zero-order chi connectivity index (χ0) is 13.9. The molecule has 1 saturated heterocycles. The summed E-state index contributed by atoms with van der Waals surface area (Å²) in [7, 11) is -3.57. The standard InChI is InChI=1S/C11H15NO4S3/c13-11(14)9-1-2-10(18-9)19(15,16)12-7-8-3-5-17-6-4-8/h1-2,8,12H,3-7H2,(H,13,14). The molecular weight excluding hydrogens is 306 g/mol. The van der Waals surface area contributed by atoms with Crippen molar-refractivity contribution in [3.05, 3.63) is 17.0 Å². The van der Waals surface area contributed by atoms with Gasteiger partial charge in [-0.25, -0.2) is 17.9 Å². The zero-order valence-electron chi connectivity index (χ0n) is 10.2. The summed E-state index contributed by atoms with van der Waals surface area (Å²) in [5.41, 5.74) is 0. The van der Waals surface area contributed by atoms with Crippen molar-refractivity contribution in [2.75, 3.05) is 18.1 Å². The van der Waals surface area contributed by atoms with Crippen LogP contribution in [-0.4, -0.2) is 37.5 Å². The molecule has 0 aromatic carbocycles. The van der Waals surface area contributed by atoms with Crippen LogP contribution in [0.3, 0.4) is 0 Å². The summed E-state index contributed by atoms with van der Waals surface area (Å²) in [4.78, 5) is 10.8. The quantitative estimate of drug-likeness (QED) is 0.865. The van der Waals surface area contributed by atoms with Crippen molar-refractivity contribution in [3.63, 3.8) is 0 Å². The van der Waals surface area contributed by atoms with Crippen LogP contribution in [0.25, 0.3) is 0 Å². The van der Waals surface area contributed by atoms with Crippen molar-refractivity contribution in [2.24, 2.45) is 5.92 Å². The maximum atomic E-state index is 12.0. The molecule has 2 rings (SSSR count). The first-order chi connectivity index (χ1) is 8.99. The van der Waals surface area contributed by atoms with Gasteiger partial charge in [0.1, 0.15) is 9.09 Å². The van der Waals surface area contributed by atoms with Gasteiger partial charge >= 0.3 is 5.97 Å². The van der Waals surface area contributed by atoms with Crippen LogP contribution in [0.5, 0.6) is 0 Å². The van der Waals surface area contributed by atoms with Gasteiger partial charge in [0.25, 0.3) is 0 Å². The van der Waals surface area contributed by atoms with Crippen LogP contribution < -0.4 is 4.72 Å². The van der Waals surface area contributed by atoms with E-state index in [4.69, 9.17) is 5.11 Å². The average molecular weight is 321 g/mol. The molecule has 0 unspecified atom stereocenters. The smallest absolute Gasteiger partial charge is 0.345 e. The molecule has 1 aliphatic rings. The second kappa shape index (κ2) is 6.25. The van der Waals surface area contributed by atoms with Gasteiger partial charge in [-0.2, -0.15) is 11.8 Å². The molecule has 0 bridgehead atoms. The molecule has 0 radical (unpaired) electrons. The lowest BCUT2D eigenvalue weighted by Crippen LogP contribution is -2.30. The van der Waals surface area contributed by atoms with Gasteiger partial charge in [0.2, 0.25) is 10.0 Å². The summed E-state index contributed by atoms with van der Waals surface area (Å²) in [6.07, 6.45) is 2.05. The summed E-state index contributed by atoms with van der Waals surface area (Å²) in [5, 5.41) is 8.79. The van der Waals surface area contributed by atoms with Gasteiger partial charge in [-0.3, -0.25) is 0 Å². The van der Waals surface area contributed by atoms with Gasteiger partial charge in [0.15, 0.2) is 0 Å². The Morgan fingerprint density at radius 2 is 2.05 bits per heavy atom. The molecule has 0 saturated carbocycles. The molecule has 0 aliphatic carbocycles. The number of hydrogen-bond acceptors (Lipinski definition) is 5. The molecule has 1 fully saturated rings. The molecule has 2 N–H and O–H groups in total. The summed E-state index contributed by atoms with van der Waals surface area (Å²) in [6.45, 7) is 0.434. The second-order valence-electron chi connectivity index (χ2n) is 4.33. The predicted octanol–water partition coefficient (Wildman–Crippen LogP) is 1.87. The number of thioether (sulfide) groups is 1. The highest BCUT2D eigenvalue weighted by Gasteiger charge is 2.21. The summed E-state index contributed by atoms with van der Waals surface area (Å²) >= 11 is 2.67. The molecule has 0 atom stereocenters. The van der Waals surface area contributed by atoms with E-state index < -0.39 is 16.0 Å². The Balaban J connectivity index is 1.98. The van der Waals surface area contributed by atoms with E-state index in [0.717, 1.165) is 35.7 Å². The predicted molar refractivity (Wildman–Crippen MR) is 76.5 cm³/mol. The van der Waals surface area contributed by atoms with Crippen LogP contribution in [0.1, 0.15) is 22.5 Å². The third kappa shape index (κ3) is 3.95. The van der Waals surface area contributed by atoms with E-state index in [1.165, 1.54) is 12.1 Å². The Morgan fingerprint density at radius 1 is 1.37 bits per heavy atom. The first-order valence-corrected chi connectivity index (χ1v) is 9.35. The fraction of sp³-hybridized carbons (Fsp3) is 0.545. The molecule has 0 spiro atoms. The summed E-state index contributed by atoms with van der Waals surface area (Å²) < 4.78 is 26.7. The number of carboxylic acid groups (broad SMARTS) is 1. The van der Waals surface area contributed by atoms with Crippen LogP contribution in [0.15, 0.2) is 16.3 Å². The van der Waals surface area contributed by atoms with E-state index in [1.807, 2.05) is 11.8 Å². The highest BCUT2D eigenvalue weighted by Crippen LogP contribution is 2.24. The van der Waals surface area contributed by atoms with E-state index in [0.29, 0.717) is 12.5 Å². The Kier molecular flexibility index (Phi) is 4.88. The Morgan fingerprint density at radius 3 is 2.63 bits per heavy atom. The van der Waals surface area contributed by atoms with Gasteiger partial charge in [0, 0.05) is 6.54 Å². The molecular formula is C11H15NO4S3. The third-order valence-corrected chi connectivity index (χ3v) is 7.00. The molecule has 1 aliphatic heterocycles. The highest BCUT2D eigenvalue weighted by molar-refractivity contribution is 7.99. The Bertz CT molecular complexity index is 546. The second-order valence-corrected chi connectivity index (χ2v) is 8.63. The number of rotatable bonds is 5. The molecule has 106 valence electrons. The lowest BCUT2D eigenvalue weighted by Gasteiger charge is -2.21. The van der Waals surface area contributed by atoms with Crippen LogP contribution in [0.4, 0.5) is 0 Å². The van der Waals surface area contributed by atoms with Crippen molar-refractivity contribution in [3.8, 4) is 0 Å². The average Bonchev–Trinajstić information content (AvgIpc) is 2.88. The topological polar surface area (TPSA) is 83.5 Å². The monoisotopic (exact) mass is 321 g/mol. The Hall–Kier alpha value is -0.570. The molecule has 5 nitrogen and oxygen atoms in total. The van der Waals surface area contributed by atoms with Crippen LogP contribution >= 0.6 is 23.1 Å². The fourth-order valence-electron chi connectivity index (χ4n) is 1.83. The Labute approximate surface area is 120 Å². The van der Waals surface area contributed by atoms with E-state index >= 15 is 0 Å². The minimum Gasteiger partial charge on any atom is -0.477 e. The van der Waals surface area contributed by atoms with E-state index in [2.05, 4.69) is 4.72 Å². The van der Waals surface area contributed by atoms with Gasteiger partial charge < -0.3 is 5.11 Å². The van der Waals surface area contributed by atoms with Gasteiger partial charge in [-0.15, -0.1) is 11.3 Å². The van der Waals surface area contributed by atoms with Crippen molar-refractivity contribution in [2.45, 2.75) is 17.1 Å². The number of carboxylic acids is 1. The highest BCUT2D eigenvalue weighted by atomic mass is 32.2. The van der Waals surface area contributed by atoms with Crippen LogP contribution in [0, 0.1) is 5.92 Å². The van der Waals surface area contributed by atoms with E-state index in [-0.39, 0.29) is 9.09 Å². The molecule has 0 amide bonds. The maximum absolute atomic E-state index is 12.0. The maximum Gasteiger partial charge on any atom is 0.345 e. The van der Waals surface area contributed by atoms with Crippen LogP contribution in [-0.2, 0) is 10.0 Å². The molecule has 2 heterocycles. The van der Waals surface area contributed by atoms with Crippen molar-refractivity contribution in [1.82, 2.24) is 4.72 Å². The molecule has 8 heteroatoms. The van der Waals surface area contributed by atoms with Crippen molar-refractivity contribution < 1.29 is 18.3 Å². The minimum atomic E-state index is -3.57. The zero-order valence-corrected chi connectivity index (χ0v) is 12.6. The lowest BCUT2D eigenvalue weighted by molar-refractivity contribution is 0.0702. The molecule has 19 heavy (non-hydrogen) atoms. The number of hydrogen-bond donors (Lipinski definition) is 2. The first-order valence-electron chi connectivity index (χ1n) is 5.89. The van der Waals surface area contributed by atoms with Gasteiger partial charge in [-0.05, 0) is 42.4 Å². The van der Waals surface area contributed by atoms with Crippen molar-refractivity contribution in [1.29, 1.82) is 0 Å². The number of nitrogens with one attached hydrogen (secondary N) is 1. The van der Waals surface area contributed by atoms with Gasteiger partial charge in [-0.1, -0.05) is 0 Å². The van der Waals surface area contributed by atoms with E-state index in [9.17, 15) is 13.2 Å². The van der Waals surface area contributed by atoms with Gasteiger partial charge in [0.05, 0.1) is 0 Å². The number of aromatic carboxylic acids is 1. The normalized spacial score (nSPS) is 17.5. The largest absolute Gasteiger partial charge is 0.477 e. The lowest BCUT2D eigenvalue weighted by atomic mass is 10.0. The first kappa shape index (κ1) is 14.8. The molecule has 1 aromatic rings.